The van der Waals surface area contributed by atoms with Crippen LogP contribution < -0.4 is 5.63 Å². The first kappa shape index (κ1) is 18.1. The van der Waals surface area contributed by atoms with E-state index in [1.807, 2.05) is 6.07 Å². The lowest BCUT2D eigenvalue weighted by atomic mass is 10.0. The zero-order valence-corrected chi connectivity index (χ0v) is 14.9. The third kappa shape index (κ3) is 4.69. The summed E-state index contributed by atoms with van der Waals surface area (Å²) in [7, 11) is 0. The molecule has 1 N–H and O–H groups in total. The average molecular weight is 345 g/mol. The monoisotopic (exact) mass is 345 g/mol. The number of fused-ring (bicyclic) bond motifs is 1. The van der Waals surface area contributed by atoms with Gasteiger partial charge in [-0.2, -0.15) is 0 Å². The first-order valence-corrected chi connectivity index (χ1v) is 9.20. The molecule has 5 heteroatoms. The van der Waals surface area contributed by atoms with E-state index in [1.165, 1.54) is 5.56 Å². The number of benzene rings is 1. The number of ether oxygens (including phenoxy) is 1. The van der Waals surface area contributed by atoms with Gasteiger partial charge in [-0.15, -0.1) is 0 Å². The van der Waals surface area contributed by atoms with E-state index in [-0.39, 0.29) is 18.3 Å². The van der Waals surface area contributed by atoms with Gasteiger partial charge in [0.25, 0.3) is 0 Å². The number of aliphatic hydroxyl groups excluding tert-OH is 1. The molecule has 1 fully saturated rings. The molecular formula is C20H27NO4. The Bertz CT molecular complexity index is 747. The maximum Gasteiger partial charge on any atom is 0.336 e. The minimum absolute atomic E-state index is 0.183. The van der Waals surface area contributed by atoms with Crippen LogP contribution in [0.25, 0.3) is 11.0 Å². The van der Waals surface area contributed by atoms with E-state index in [4.69, 9.17) is 14.3 Å². The fraction of sp³-hybridized carbons (Fsp3) is 0.550. The minimum Gasteiger partial charge on any atom is -0.423 e. The number of rotatable bonds is 7. The highest BCUT2D eigenvalue weighted by molar-refractivity contribution is 5.80. The minimum atomic E-state index is -0.280. The Labute approximate surface area is 148 Å². The van der Waals surface area contributed by atoms with Crippen molar-refractivity contribution in [1.82, 2.24) is 4.90 Å². The Hall–Kier alpha value is -1.69. The topological polar surface area (TPSA) is 62.9 Å². The quantitative estimate of drug-likeness (QED) is 0.617. The third-order valence-corrected chi connectivity index (χ3v) is 4.89. The van der Waals surface area contributed by atoms with E-state index >= 15 is 0 Å². The summed E-state index contributed by atoms with van der Waals surface area (Å²) in [4.78, 5) is 14.3. The lowest BCUT2D eigenvalue weighted by Gasteiger charge is -2.32. The molecular weight excluding hydrogens is 318 g/mol. The molecule has 5 nitrogen and oxygen atoms in total. The van der Waals surface area contributed by atoms with Crippen LogP contribution in [-0.4, -0.2) is 42.4 Å². The molecule has 1 aliphatic rings. The molecule has 0 unspecified atom stereocenters. The Morgan fingerprint density at radius 3 is 2.80 bits per heavy atom. The molecule has 0 amide bonds. The van der Waals surface area contributed by atoms with Crippen molar-refractivity contribution in [2.45, 2.75) is 45.3 Å². The molecule has 2 heterocycles. The molecule has 0 atom stereocenters. The fourth-order valence-corrected chi connectivity index (χ4v) is 3.41. The number of aliphatic hydroxyl groups is 1. The van der Waals surface area contributed by atoms with Crippen LogP contribution in [0.3, 0.4) is 0 Å². The number of piperidine rings is 1. The van der Waals surface area contributed by atoms with Crippen molar-refractivity contribution in [3.05, 3.63) is 45.8 Å². The van der Waals surface area contributed by atoms with Gasteiger partial charge in [-0.25, -0.2) is 4.79 Å². The van der Waals surface area contributed by atoms with Gasteiger partial charge in [0.2, 0.25) is 0 Å². The van der Waals surface area contributed by atoms with Crippen molar-refractivity contribution >= 4 is 11.0 Å². The van der Waals surface area contributed by atoms with Crippen LogP contribution in [-0.2, 0) is 17.7 Å². The maximum absolute atomic E-state index is 11.9. The van der Waals surface area contributed by atoms with E-state index in [2.05, 4.69) is 24.0 Å². The van der Waals surface area contributed by atoms with Crippen molar-refractivity contribution in [3.63, 3.8) is 0 Å². The first-order chi connectivity index (χ1) is 12.2. The molecule has 25 heavy (non-hydrogen) atoms. The van der Waals surface area contributed by atoms with Crippen LogP contribution in [0, 0.1) is 0 Å². The summed E-state index contributed by atoms with van der Waals surface area (Å²) in [6.45, 7) is 5.58. The highest BCUT2D eigenvalue weighted by atomic mass is 16.5. The van der Waals surface area contributed by atoms with Gasteiger partial charge in [0, 0.05) is 44.3 Å². The number of likely N-dealkylation sites (tertiary alicyclic amines) is 1. The van der Waals surface area contributed by atoms with E-state index in [1.54, 1.807) is 6.07 Å². The highest BCUT2D eigenvalue weighted by Crippen LogP contribution is 2.22. The van der Waals surface area contributed by atoms with E-state index in [9.17, 15) is 4.79 Å². The second-order valence-electron chi connectivity index (χ2n) is 6.70. The first-order valence-electron chi connectivity index (χ1n) is 9.20. The van der Waals surface area contributed by atoms with E-state index < -0.39 is 0 Å². The Kier molecular flexibility index (Phi) is 6.24. The molecule has 1 aromatic carbocycles. The SMILES string of the molecule is CCc1ccc2c(CN3CCC(OCCCO)CC3)cc(=O)oc2c1. The predicted octanol–water partition coefficient (Wildman–Crippen LogP) is 2.72. The normalized spacial score (nSPS) is 16.6. The van der Waals surface area contributed by atoms with Gasteiger partial charge >= 0.3 is 5.63 Å². The Morgan fingerprint density at radius 2 is 2.08 bits per heavy atom. The van der Waals surface area contributed by atoms with Crippen molar-refractivity contribution in [1.29, 1.82) is 0 Å². The Balaban J connectivity index is 1.66. The highest BCUT2D eigenvalue weighted by Gasteiger charge is 2.20. The molecule has 0 radical (unpaired) electrons. The molecule has 1 aromatic heterocycles. The molecule has 0 aliphatic carbocycles. The van der Waals surface area contributed by atoms with Gasteiger partial charge in [-0.05, 0) is 42.9 Å². The predicted molar refractivity (Wildman–Crippen MR) is 97.8 cm³/mol. The molecule has 2 aromatic rings. The molecule has 0 bridgehead atoms. The number of nitrogens with zero attached hydrogens (tertiary/aromatic N) is 1. The smallest absolute Gasteiger partial charge is 0.336 e. The zero-order valence-electron chi connectivity index (χ0n) is 14.9. The summed E-state index contributed by atoms with van der Waals surface area (Å²) in [5, 5.41) is 9.85. The summed E-state index contributed by atoms with van der Waals surface area (Å²) in [5.41, 5.74) is 2.62. The van der Waals surface area contributed by atoms with Gasteiger partial charge in [0.15, 0.2) is 0 Å². The maximum atomic E-state index is 11.9. The van der Waals surface area contributed by atoms with Crippen LogP contribution in [0.2, 0.25) is 0 Å². The summed E-state index contributed by atoms with van der Waals surface area (Å²) >= 11 is 0. The van der Waals surface area contributed by atoms with Crippen LogP contribution in [0.4, 0.5) is 0 Å². The van der Waals surface area contributed by atoms with Crippen molar-refractivity contribution in [2.24, 2.45) is 0 Å². The van der Waals surface area contributed by atoms with Gasteiger partial charge in [-0.1, -0.05) is 19.1 Å². The lowest BCUT2D eigenvalue weighted by molar-refractivity contribution is 0.000836. The summed E-state index contributed by atoms with van der Waals surface area (Å²) in [6.07, 6.45) is 3.89. The second-order valence-corrected chi connectivity index (χ2v) is 6.70. The number of aryl methyl sites for hydroxylation is 1. The van der Waals surface area contributed by atoms with Gasteiger partial charge in [0.1, 0.15) is 5.58 Å². The largest absolute Gasteiger partial charge is 0.423 e. The lowest BCUT2D eigenvalue weighted by Crippen LogP contribution is -2.36. The van der Waals surface area contributed by atoms with Crippen LogP contribution in [0.5, 0.6) is 0 Å². The van der Waals surface area contributed by atoms with Crippen LogP contribution >= 0.6 is 0 Å². The van der Waals surface area contributed by atoms with Crippen molar-refractivity contribution in [3.8, 4) is 0 Å². The average Bonchev–Trinajstić information content (AvgIpc) is 2.62. The molecule has 1 aliphatic heterocycles. The van der Waals surface area contributed by atoms with E-state index in [0.29, 0.717) is 18.6 Å². The molecule has 136 valence electrons. The van der Waals surface area contributed by atoms with Gasteiger partial charge in [-0.3, -0.25) is 4.90 Å². The fourth-order valence-electron chi connectivity index (χ4n) is 3.41. The number of hydrogen-bond acceptors (Lipinski definition) is 5. The molecule has 3 rings (SSSR count). The van der Waals surface area contributed by atoms with Gasteiger partial charge < -0.3 is 14.3 Å². The molecule has 1 saturated heterocycles. The zero-order chi connectivity index (χ0) is 17.6. The standard InChI is InChI=1S/C20H27NO4/c1-2-15-4-5-18-16(13-20(23)25-19(18)12-15)14-21-8-6-17(7-9-21)24-11-3-10-22/h4-5,12-13,17,22H,2-3,6-11,14H2,1H3. The van der Waals surface area contributed by atoms with E-state index in [0.717, 1.165) is 49.8 Å². The second kappa shape index (κ2) is 8.61. The Morgan fingerprint density at radius 1 is 1.28 bits per heavy atom. The molecule has 0 spiro atoms. The van der Waals surface area contributed by atoms with Gasteiger partial charge in [0.05, 0.1) is 6.10 Å². The number of hydrogen-bond donors (Lipinski definition) is 1. The van der Waals surface area contributed by atoms with Crippen LogP contribution in [0.1, 0.15) is 37.3 Å². The summed E-state index contributed by atoms with van der Waals surface area (Å²) in [6, 6.07) is 7.77. The molecule has 0 saturated carbocycles. The van der Waals surface area contributed by atoms with Crippen molar-refractivity contribution < 1.29 is 14.3 Å². The van der Waals surface area contributed by atoms with Crippen molar-refractivity contribution in [2.75, 3.05) is 26.3 Å². The summed E-state index contributed by atoms with van der Waals surface area (Å²) < 4.78 is 11.2. The van der Waals surface area contributed by atoms with Crippen LogP contribution in [0.15, 0.2) is 33.5 Å². The summed E-state index contributed by atoms with van der Waals surface area (Å²) in [5.74, 6) is 0. The third-order valence-electron chi connectivity index (χ3n) is 4.89.